The van der Waals surface area contributed by atoms with Crippen LogP contribution in [0.2, 0.25) is 0 Å². The highest BCUT2D eigenvalue weighted by molar-refractivity contribution is 5.69. The molecule has 0 rings (SSSR count). The zero-order chi connectivity index (χ0) is 60.7. The minimum atomic E-state index is -0.616. The summed E-state index contributed by atoms with van der Waals surface area (Å²) < 4.78 is 32.9. The van der Waals surface area contributed by atoms with E-state index in [1.165, 1.54) is 89.9 Å². The fourth-order valence-corrected chi connectivity index (χ4v) is 9.37. The Kier molecular flexibility index (Phi) is 59.4. The molecule has 0 aromatic heterocycles. The Balaban J connectivity index is 4.06. The third-order valence-corrected chi connectivity index (χ3v) is 15.0. The lowest BCUT2D eigenvalue weighted by Gasteiger charge is -2.26. The number of carbonyl (C=O) groups excluding carboxylic acids is 4. The summed E-state index contributed by atoms with van der Waals surface area (Å²) in [5.74, 6) is 11.8. The minimum Gasteiger partial charge on any atom is -0.466 e. The van der Waals surface area contributed by atoms with Crippen LogP contribution in [-0.4, -0.2) is 137 Å². The molecule has 0 saturated heterocycles. The maximum Gasteiger partial charge on any atom is 0.509 e. The van der Waals surface area contributed by atoms with Crippen LogP contribution in [0.3, 0.4) is 0 Å². The van der Waals surface area contributed by atoms with Crippen molar-refractivity contribution in [2.75, 3.05) is 86.3 Å². The molecule has 0 bridgehead atoms. The number of unbranched alkanes of at least 4 members (excludes halogenated alkanes) is 26. The maximum atomic E-state index is 12.5. The molecule has 0 aromatic carbocycles. The SMILES string of the molecule is CCCCCCC#CCOC(=O)OC(C/C=C\CCCCCCCCOC(=O)CCN(C)CCN(CC)CCN(C)CCC(=O)OCCCCCCCC/C=C\CC(CCCCCC)OC(=O)OCC#CCCCCCC)CCCCCC. The molecule has 0 aliphatic carbocycles. The van der Waals surface area contributed by atoms with Crippen molar-refractivity contribution in [3.8, 4) is 23.7 Å². The van der Waals surface area contributed by atoms with Gasteiger partial charge in [0.05, 0.1) is 26.1 Å². The van der Waals surface area contributed by atoms with E-state index < -0.39 is 12.3 Å². The van der Waals surface area contributed by atoms with Gasteiger partial charge in [-0.15, -0.1) is 0 Å². The van der Waals surface area contributed by atoms with Gasteiger partial charge in [0.1, 0.15) is 12.2 Å². The number of hydrogen-bond donors (Lipinski definition) is 0. The molecule has 0 fully saturated rings. The Morgan fingerprint density at radius 3 is 1.13 bits per heavy atom. The first-order valence-corrected chi connectivity index (χ1v) is 33.9. The van der Waals surface area contributed by atoms with Crippen molar-refractivity contribution >= 4 is 24.2 Å². The van der Waals surface area contributed by atoms with Crippen LogP contribution >= 0.6 is 0 Å². The van der Waals surface area contributed by atoms with E-state index in [9.17, 15) is 19.2 Å². The molecular weight excluding hydrogens is 1040 g/mol. The normalized spacial score (nSPS) is 12.1. The summed E-state index contributed by atoms with van der Waals surface area (Å²) in [6.07, 6.45) is 46.6. The highest BCUT2D eigenvalue weighted by Gasteiger charge is 2.16. The Labute approximate surface area is 509 Å². The van der Waals surface area contributed by atoms with Gasteiger partial charge in [0.15, 0.2) is 13.2 Å². The van der Waals surface area contributed by atoms with Gasteiger partial charge < -0.3 is 43.1 Å². The summed E-state index contributed by atoms with van der Waals surface area (Å²) >= 11 is 0. The molecule has 0 N–H and O–H groups in total. The van der Waals surface area contributed by atoms with E-state index in [4.69, 9.17) is 28.4 Å². The number of rotatable bonds is 57. The van der Waals surface area contributed by atoms with Crippen LogP contribution in [0, 0.1) is 23.7 Å². The molecule has 13 heteroatoms. The van der Waals surface area contributed by atoms with Crippen molar-refractivity contribution < 1.29 is 47.6 Å². The van der Waals surface area contributed by atoms with Crippen molar-refractivity contribution in [1.82, 2.24) is 14.7 Å². The molecule has 480 valence electrons. The van der Waals surface area contributed by atoms with Gasteiger partial charge in [0, 0.05) is 65.0 Å². The van der Waals surface area contributed by atoms with Crippen molar-refractivity contribution in [1.29, 1.82) is 0 Å². The molecule has 0 amide bonds. The predicted molar refractivity (Wildman–Crippen MR) is 343 cm³/mol. The van der Waals surface area contributed by atoms with E-state index >= 15 is 0 Å². The van der Waals surface area contributed by atoms with E-state index in [-0.39, 0.29) is 37.4 Å². The minimum absolute atomic E-state index is 0.0878. The molecule has 0 spiro atoms. The summed E-state index contributed by atoms with van der Waals surface area (Å²) in [5, 5.41) is 0. The van der Waals surface area contributed by atoms with E-state index in [2.05, 4.69) is 111 Å². The van der Waals surface area contributed by atoms with Crippen molar-refractivity contribution in [2.24, 2.45) is 0 Å². The van der Waals surface area contributed by atoms with E-state index in [0.717, 1.165) is 161 Å². The molecule has 0 heterocycles. The number of hydrogen-bond acceptors (Lipinski definition) is 13. The number of allylic oxidation sites excluding steroid dienone is 2. The monoisotopic (exact) mass is 1170 g/mol. The fraction of sp³-hybridized carbons (Fsp3) is 0.829. The zero-order valence-corrected chi connectivity index (χ0v) is 54.5. The lowest BCUT2D eigenvalue weighted by atomic mass is 10.1. The number of nitrogens with zero attached hydrogens (tertiary/aromatic N) is 3. The van der Waals surface area contributed by atoms with Gasteiger partial charge >= 0.3 is 24.2 Å². The lowest BCUT2D eigenvalue weighted by molar-refractivity contribution is -0.145. The molecule has 0 aliphatic heterocycles. The third-order valence-electron chi connectivity index (χ3n) is 15.0. The Hall–Kier alpha value is -4.04. The summed E-state index contributed by atoms with van der Waals surface area (Å²) in [4.78, 5) is 56.4. The van der Waals surface area contributed by atoms with E-state index in [1.807, 2.05) is 0 Å². The van der Waals surface area contributed by atoms with Crippen LogP contribution in [0.15, 0.2) is 24.3 Å². The lowest BCUT2D eigenvalue weighted by Crippen LogP contribution is -2.38. The Morgan fingerprint density at radius 1 is 0.386 bits per heavy atom. The van der Waals surface area contributed by atoms with E-state index in [1.54, 1.807) is 0 Å². The van der Waals surface area contributed by atoms with E-state index in [0.29, 0.717) is 52.0 Å². The van der Waals surface area contributed by atoms with Gasteiger partial charge in [0.2, 0.25) is 0 Å². The predicted octanol–water partition coefficient (Wildman–Crippen LogP) is 17.3. The molecule has 0 saturated carbocycles. The molecule has 83 heavy (non-hydrogen) atoms. The molecule has 0 aromatic rings. The summed E-state index contributed by atoms with van der Waals surface area (Å²) in [7, 11) is 4.12. The average molecular weight is 1170 g/mol. The number of carbonyl (C=O) groups is 4. The standard InChI is InChI=1S/C70H125N3O10/c1-8-13-17-21-31-39-47-63-80-69(76)82-65(49-41-19-15-10-3)51-43-35-29-25-23-27-33-37-45-61-78-67(74)53-55-71(6)57-59-73(12-5)60-58-72(7)56-54-68(75)79-62-46-38-34-28-24-26-30-36-44-52-66(50-42-20-16-11-4)83-70(77)81-64-48-40-32-22-18-14-9-2/h35-36,43-44,65-66H,8-34,37-38,41-42,45-46,49-64H2,1-7H3/b43-35-,44-36-. The average Bonchev–Trinajstić information content (AvgIpc) is 3.47. The molecule has 13 nitrogen and oxygen atoms in total. The second-order valence-electron chi connectivity index (χ2n) is 22.8. The first-order valence-electron chi connectivity index (χ1n) is 33.9. The van der Waals surface area contributed by atoms with Gasteiger partial charge in [-0.3, -0.25) is 9.59 Å². The van der Waals surface area contributed by atoms with Gasteiger partial charge in [-0.05, 0) is 97.7 Å². The van der Waals surface area contributed by atoms with Gasteiger partial charge in [-0.1, -0.05) is 211 Å². The van der Waals surface area contributed by atoms with Crippen LogP contribution in [0.1, 0.15) is 279 Å². The van der Waals surface area contributed by atoms with Crippen LogP contribution in [0.25, 0.3) is 0 Å². The number of ether oxygens (including phenoxy) is 6. The first-order chi connectivity index (χ1) is 40.6. The Morgan fingerprint density at radius 2 is 0.747 bits per heavy atom. The second kappa shape index (κ2) is 62.5. The van der Waals surface area contributed by atoms with Crippen molar-refractivity contribution in [2.45, 2.75) is 291 Å². The highest BCUT2D eigenvalue weighted by Crippen LogP contribution is 2.17. The Bertz CT molecular complexity index is 1580. The van der Waals surface area contributed by atoms with Crippen LogP contribution in [-0.2, 0) is 38.0 Å². The largest absolute Gasteiger partial charge is 0.509 e. The summed E-state index contributed by atoms with van der Waals surface area (Å²) in [5.41, 5.74) is 0. The topological polar surface area (TPSA) is 133 Å². The summed E-state index contributed by atoms with van der Waals surface area (Å²) in [6.45, 7) is 18.0. The van der Waals surface area contributed by atoms with Crippen molar-refractivity contribution in [3.05, 3.63) is 24.3 Å². The molecule has 2 atom stereocenters. The van der Waals surface area contributed by atoms with Crippen molar-refractivity contribution in [3.63, 3.8) is 0 Å². The molecule has 0 radical (unpaired) electrons. The van der Waals surface area contributed by atoms with Gasteiger partial charge in [0.25, 0.3) is 0 Å². The van der Waals surface area contributed by atoms with Crippen LogP contribution in [0.5, 0.6) is 0 Å². The quantitative estimate of drug-likeness (QED) is 0.0188. The second-order valence-corrected chi connectivity index (χ2v) is 22.8. The summed E-state index contributed by atoms with van der Waals surface area (Å²) in [6, 6.07) is 0. The van der Waals surface area contributed by atoms with Gasteiger partial charge in [-0.2, -0.15) is 0 Å². The smallest absolute Gasteiger partial charge is 0.466 e. The maximum absolute atomic E-state index is 12.5. The van der Waals surface area contributed by atoms with Gasteiger partial charge in [-0.25, -0.2) is 9.59 Å². The fourth-order valence-electron chi connectivity index (χ4n) is 9.37. The highest BCUT2D eigenvalue weighted by atomic mass is 16.7. The van der Waals surface area contributed by atoms with Crippen LogP contribution < -0.4 is 0 Å². The number of likely N-dealkylation sites (N-methyl/N-ethyl adjacent to an activating group) is 3. The molecule has 2 unspecified atom stereocenters. The third kappa shape index (κ3) is 58.1. The molecule has 0 aliphatic rings. The first kappa shape index (κ1) is 79.0. The number of esters is 2. The molecular formula is C70H125N3O10. The van der Waals surface area contributed by atoms with Crippen LogP contribution in [0.4, 0.5) is 9.59 Å². The zero-order valence-electron chi connectivity index (χ0n) is 54.5.